The minimum Gasteiger partial charge on any atom is -0.481 e. The number of carboxylic acids is 1. The molecule has 5 heteroatoms. The first-order valence-electron chi connectivity index (χ1n) is 6.78. The Kier molecular flexibility index (Phi) is 3.70. The number of para-hydroxylation sites is 1. The molecule has 1 N–H and O–H groups in total. The molecule has 0 fully saturated rings. The van der Waals surface area contributed by atoms with Gasteiger partial charge in [-0.1, -0.05) is 24.3 Å². The molecule has 110 valence electrons. The summed E-state index contributed by atoms with van der Waals surface area (Å²) in [5, 5.41) is 10.2. The van der Waals surface area contributed by atoms with Gasteiger partial charge < -0.3 is 9.84 Å². The molecule has 0 amide bonds. The van der Waals surface area contributed by atoms with Gasteiger partial charge in [0.2, 0.25) is 5.88 Å². The second kappa shape index (κ2) is 5.81. The van der Waals surface area contributed by atoms with Gasteiger partial charge in [0.15, 0.2) is 0 Å². The van der Waals surface area contributed by atoms with Crippen molar-refractivity contribution in [3.05, 3.63) is 65.5 Å². The van der Waals surface area contributed by atoms with Crippen LogP contribution in [0.5, 0.6) is 5.88 Å². The number of carbonyl (C=O) groups is 1. The van der Waals surface area contributed by atoms with Gasteiger partial charge in [-0.2, -0.15) is 0 Å². The minimum absolute atomic E-state index is 0.0511. The molecule has 0 aliphatic rings. The molecule has 2 aromatic heterocycles. The number of carboxylic acid groups (broad SMARTS) is 1. The predicted molar refractivity (Wildman–Crippen MR) is 82.3 cm³/mol. The Labute approximate surface area is 127 Å². The largest absolute Gasteiger partial charge is 0.481 e. The van der Waals surface area contributed by atoms with Gasteiger partial charge in [-0.05, 0) is 29.7 Å². The van der Waals surface area contributed by atoms with Crippen molar-refractivity contribution in [2.45, 2.75) is 6.42 Å². The van der Waals surface area contributed by atoms with E-state index < -0.39 is 5.97 Å². The Morgan fingerprint density at radius 1 is 1.23 bits per heavy atom. The number of pyridine rings is 2. The highest BCUT2D eigenvalue weighted by Gasteiger charge is 2.11. The summed E-state index contributed by atoms with van der Waals surface area (Å²) >= 11 is 0. The third kappa shape index (κ3) is 2.74. The van der Waals surface area contributed by atoms with Crippen molar-refractivity contribution >= 4 is 16.9 Å². The number of ether oxygens (including phenoxy) is 1. The lowest BCUT2D eigenvalue weighted by molar-refractivity contribution is 0.0691. The standard InChI is InChI=1S/C17H14N2O3/c1-22-16-7-6-11(10-18-16)8-12-9-15(17(20)21)19-14-5-3-2-4-13(12)14/h2-7,9-10H,8H2,1H3,(H,20,21). The first-order chi connectivity index (χ1) is 10.7. The average molecular weight is 294 g/mol. The molecule has 0 atom stereocenters. The molecule has 3 aromatic rings. The van der Waals surface area contributed by atoms with Crippen LogP contribution >= 0.6 is 0 Å². The van der Waals surface area contributed by atoms with E-state index >= 15 is 0 Å². The van der Waals surface area contributed by atoms with Crippen LogP contribution in [-0.4, -0.2) is 28.2 Å². The number of benzene rings is 1. The van der Waals surface area contributed by atoms with Crippen LogP contribution in [-0.2, 0) is 6.42 Å². The zero-order chi connectivity index (χ0) is 15.5. The quantitative estimate of drug-likeness (QED) is 0.801. The Bertz CT molecular complexity index is 829. The fourth-order valence-electron chi connectivity index (χ4n) is 2.36. The van der Waals surface area contributed by atoms with E-state index in [0.717, 1.165) is 16.5 Å². The van der Waals surface area contributed by atoms with Gasteiger partial charge in [0, 0.05) is 17.6 Å². The van der Waals surface area contributed by atoms with Crippen molar-refractivity contribution in [2.24, 2.45) is 0 Å². The predicted octanol–water partition coefficient (Wildman–Crippen LogP) is 2.93. The molecule has 0 saturated carbocycles. The molecule has 0 bridgehead atoms. The minimum atomic E-state index is -1.03. The fraction of sp³-hybridized carbons (Fsp3) is 0.118. The average Bonchev–Trinajstić information content (AvgIpc) is 2.55. The summed E-state index contributed by atoms with van der Waals surface area (Å²) in [5.41, 5.74) is 2.62. The van der Waals surface area contributed by atoms with Crippen LogP contribution in [0.3, 0.4) is 0 Å². The zero-order valence-corrected chi connectivity index (χ0v) is 12.0. The number of hydrogen-bond donors (Lipinski definition) is 1. The normalized spacial score (nSPS) is 10.6. The van der Waals surface area contributed by atoms with Gasteiger partial charge in [-0.15, -0.1) is 0 Å². The lowest BCUT2D eigenvalue weighted by Gasteiger charge is -2.08. The van der Waals surface area contributed by atoms with E-state index in [4.69, 9.17) is 4.74 Å². The van der Waals surface area contributed by atoms with Crippen molar-refractivity contribution in [1.82, 2.24) is 9.97 Å². The van der Waals surface area contributed by atoms with Crippen LogP contribution < -0.4 is 4.74 Å². The number of hydrogen-bond acceptors (Lipinski definition) is 4. The molecule has 2 heterocycles. The molecule has 1 aromatic carbocycles. The summed E-state index contributed by atoms with van der Waals surface area (Å²) in [5.74, 6) is -0.477. The van der Waals surface area contributed by atoms with Crippen molar-refractivity contribution in [3.8, 4) is 5.88 Å². The molecule has 0 aliphatic carbocycles. The summed E-state index contributed by atoms with van der Waals surface area (Å²) in [6.45, 7) is 0. The van der Waals surface area contributed by atoms with Gasteiger partial charge in [0.05, 0.1) is 12.6 Å². The number of nitrogens with zero attached hydrogens (tertiary/aromatic N) is 2. The van der Waals surface area contributed by atoms with Crippen LogP contribution in [0.4, 0.5) is 0 Å². The molecular formula is C17H14N2O3. The summed E-state index contributed by atoms with van der Waals surface area (Å²) in [7, 11) is 1.57. The number of aromatic carboxylic acids is 1. The smallest absolute Gasteiger partial charge is 0.354 e. The highest BCUT2D eigenvalue weighted by Crippen LogP contribution is 2.21. The van der Waals surface area contributed by atoms with E-state index in [-0.39, 0.29) is 5.69 Å². The lowest BCUT2D eigenvalue weighted by atomic mass is 10.0. The topological polar surface area (TPSA) is 72.3 Å². The van der Waals surface area contributed by atoms with Gasteiger partial charge in [-0.3, -0.25) is 0 Å². The van der Waals surface area contributed by atoms with Gasteiger partial charge in [0.25, 0.3) is 0 Å². The van der Waals surface area contributed by atoms with Crippen molar-refractivity contribution in [2.75, 3.05) is 7.11 Å². The Hall–Kier alpha value is -2.95. The number of methoxy groups -OCH3 is 1. The highest BCUT2D eigenvalue weighted by atomic mass is 16.5. The van der Waals surface area contributed by atoms with Crippen LogP contribution in [0.1, 0.15) is 21.6 Å². The van der Waals surface area contributed by atoms with Gasteiger partial charge in [0.1, 0.15) is 5.69 Å². The van der Waals surface area contributed by atoms with Crippen LogP contribution in [0.15, 0.2) is 48.7 Å². The lowest BCUT2D eigenvalue weighted by Crippen LogP contribution is -2.03. The van der Waals surface area contributed by atoms with Crippen LogP contribution in [0.25, 0.3) is 10.9 Å². The Balaban J connectivity index is 2.05. The third-order valence-corrected chi connectivity index (χ3v) is 3.42. The molecule has 0 spiro atoms. The zero-order valence-electron chi connectivity index (χ0n) is 12.0. The summed E-state index contributed by atoms with van der Waals surface area (Å²) < 4.78 is 5.04. The molecular weight excluding hydrogens is 280 g/mol. The molecule has 0 aliphatic heterocycles. The van der Waals surface area contributed by atoms with E-state index in [1.807, 2.05) is 30.3 Å². The van der Waals surface area contributed by atoms with E-state index in [1.54, 1.807) is 25.4 Å². The van der Waals surface area contributed by atoms with Crippen LogP contribution in [0, 0.1) is 0 Å². The summed E-state index contributed by atoms with van der Waals surface area (Å²) in [6, 6.07) is 12.9. The van der Waals surface area contributed by atoms with Crippen molar-refractivity contribution in [1.29, 1.82) is 0 Å². The van der Waals surface area contributed by atoms with Gasteiger partial charge in [-0.25, -0.2) is 14.8 Å². The van der Waals surface area contributed by atoms with E-state index in [2.05, 4.69) is 9.97 Å². The summed E-state index contributed by atoms with van der Waals surface area (Å²) in [4.78, 5) is 19.6. The monoisotopic (exact) mass is 294 g/mol. The summed E-state index contributed by atoms with van der Waals surface area (Å²) in [6.07, 6.45) is 2.31. The second-order valence-electron chi connectivity index (χ2n) is 4.87. The number of rotatable bonds is 4. The van der Waals surface area contributed by atoms with E-state index in [1.165, 1.54) is 0 Å². The fourth-order valence-corrected chi connectivity index (χ4v) is 2.36. The van der Waals surface area contributed by atoms with E-state index in [9.17, 15) is 9.90 Å². The van der Waals surface area contributed by atoms with E-state index in [0.29, 0.717) is 17.8 Å². The van der Waals surface area contributed by atoms with Crippen molar-refractivity contribution in [3.63, 3.8) is 0 Å². The maximum atomic E-state index is 11.2. The number of aromatic nitrogens is 2. The number of fused-ring (bicyclic) bond motifs is 1. The molecule has 0 saturated heterocycles. The molecule has 22 heavy (non-hydrogen) atoms. The Morgan fingerprint density at radius 3 is 2.73 bits per heavy atom. The van der Waals surface area contributed by atoms with Crippen molar-refractivity contribution < 1.29 is 14.6 Å². The van der Waals surface area contributed by atoms with Gasteiger partial charge >= 0.3 is 5.97 Å². The maximum absolute atomic E-state index is 11.2. The Morgan fingerprint density at radius 2 is 2.05 bits per heavy atom. The first-order valence-corrected chi connectivity index (χ1v) is 6.78. The van der Waals surface area contributed by atoms with Crippen LogP contribution in [0.2, 0.25) is 0 Å². The SMILES string of the molecule is COc1ccc(Cc2cc(C(=O)O)nc3ccccc23)cn1. The third-order valence-electron chi connectivity index (χ3n) is 3.42. The molecule has 0 radical (unpaired) electrons. The molecule has 5 nitrogen and oxygen atoms in total. The molecule has 3 rings (SSSR count). The first kappa shape index (κ1) is 14.0. The maximum Gasteiger partial charge on any atom is 0.354 e. The molecule has 0 unspecified atom stereocenters. The highest BCUT2D eigenvalue weighted by molar-refractivity contribution is 5.91. The second-order valence-corrected chi connectivity index (χ2v) is 4.87.